The van der Waals surface area contributed by atoms with E-state index in [4.69, 9.17) is 5.26 Å². The standard InChI is InChI=1S/C18H14N4O2/c1-12-20-16-5-3-2-4-15(16)18(24)22(12)11-17(23)21-14-8-6-13(10-19)7-9-14/h2-9H,11H2,1H3,(H,21,23). The first kappa shape index (κ1) is 15.4. The zero-order valence-electron chi connectivity index (χ0n) is 13.0. The molecule has 0 spiro atoms. The van der Waals surface area contributed by atoms with Crippen LogP contribution >= 0.6 is 0 Å². The van der Waals surface area contributed by atoms with Crippen molar-refractivity contribution in [3.05, 3.63) is 70.3 Å². The summed E-state index contributed by atoms with van der Waals surface area (Å²) in [5, 5.41) is 12.0. The fourth-order valence-electron chi connectivity index (χ4n) is 2.44. The summed E-state index contributed by atoms with van der Waals surface area (Å²) in [5.74, 6) is 0.149. The van der Waals surface area contributed by atoms with E-state index >= 15 is 0 Å². The van der Waals surface area contributed by atoms with Crippen LogP contribution in [0.5, 0.6) is 0 Å². The molecule has 0 bridgehead atoms. The highest BCUT2D eigenvalue weighted by molar-refractivity contribution is 5.90. The lowest BCUT2D eigenvalue weighted by atomic mass is 10.2. The van der Waals surface area contributed by atoms with Gasteiger partial charge in [-0.15, -0.1) is 0 Å². The summed E-state index contributed by atoms with van der Waals surface area (Å²) >= 11 is 0. The maximum absolute atomic E-state index is 12.5. The van der Waals surface area contributed by atoms with Crippen molar-refractivity contribution in [2.75, 3.05) is 5.32 Å². The number of hydrogen-bond donors (Lipinski definition) is 1. The Morgan fingerprint density at radius 1 is 1.21 bits per heavy atom. The third kappa shape index (κ3) is 3.01. The summed E-state index contributed by atoms with van der Waals surface area (Å²) < 4.78 is 1.35. The van der Waals surface area contributed by atoms with Gasteiger partial charge in [0.05, 0.1) is 22.5 Å². The SMILES string of the molecule is Cc1nc2ccccc2c(=O)n1CC(=O)Nc1ccc(C#N)cc1. The van der Waals surface area contributed by atoms with Gasteiger partial charge in [0.2, 0.25) is 5.91 Å². The molecule has 6 nitrogen and oxygen atoms in total. The Labute approximate surface area is 138 Å². The summed E-state index contributed by atoms with van der Waals surface area (Å²) in [6.07, 6.45) is 0. The number of aromatic nitrogens is 2. The normalized spacial score (nSPS) is 10.3. The fourth-order valence-corrected chi connectivity index (χ4v) is 2.44. The van der Waals surface area contributed by atoms with Gasteiger partial charge in [0.15, 0.2) is 0 Å². The number of nitriles is 1. The lowest BCUT2D eigenvalue weighted by Crippen LogP contribution is -2.30. The second kappa shape index (κ2) is 6.34. The van der Waals surface area contributed by atoms with E-state index in [1.54, 1.807) is 49.4 Å². The highest BCUT2D eigenvalue weighted by Gasteiger charge is 2.11. The number of amides is 1. The minimum atomic E-state index is -0.331. The fraction of sp³-hybridized carbons (Fsp3) is 0.111. The Bertz CT molecular complexity index is 1010. The van der Waals surface area contributed by atoms with E-state index in [9.17, 15) is 9.59 Å². The maximum Gasteiger partial charge on any atom is 0.261 e. The second-order valence-corrected chi connectivity index (χ2v) is 5.30. The van der Waals surface area contributed by atoms with Crippen LogP contribution in [-0.2, 0) is 11.3 Å². The predicted octanol–water partition coefficient (Wildman–Crippen LogP) is 2.22. The molecule has 1 aromatic heterocycles. The number of fused-ring (bicyclic) bond motifs is 1. The number of rotatable bonds is 3. The van der Waals surface area contributed by atoms with Crippen molar-refractivity contribution in [2.24, 2.45) is 0 Å². The van der Waals surface area contributed by atoms with E-state index in [1.807, 2.05) is 12.1 Å². The second-order valence-electron chi connectivity index (χ2n) is 5.30. The Morgan fingerprint density at radius 2 is 1.92 bits per heavy atom. The van der Waals surface area contributed by atoms with Gasteiger partial charge in [0.25, 0.3) is 5.56 Å². The van der Waals surface area contributed by atoms with Crippen LogP contribution < -0.4 is 10.9 Å². The average Bonchev–Trinajstić information content (AvgIpc) is 2.59. The molecule has 0 atom stereocenters. The molecule has 0 unspecified atom stereocenters. The number of aryl methyl sites for hydroxylation is 1. The van der Waals surface area contributed by atoms with Gasteiger partial charge in [-0.25, -0.2) is 4.98 Å². The van der Waals surface area contributed by atoms with E-state index in [1.165, 1.54) is 4.57 Å². The molecule has 6 heteroatoms. The van der Waals surface area contributed by atoms with Crippen molar-refractivity contribution < 1.29 is 4.79 Å². The number of nitrogens with one attached hydrogen (secondary N) is 1. The molecule has 1 N–H and O–H groups in total. The van der Waals surface area contributed by atoms with Gasteiger partial charge in [-0.1, -0.05) is 12.1 Å². The van der Waals surface area contributed by atoms with Crippen LogP contribution in [0.15, 0.2) is 53.3 Å². The lowest BCUT2D eigenvalue weighted by molar-refractivity contribution is -0.116. The zero-order chi connectivity index (χ0) is 17.1. The van der Waals surface area contributed by atoms with Crippen LogP contribution in [0, 0.1) is 18.3 Å². The number of carbonyl (C=O) groups excluding carboxylic acids is 1. The van der Waals surface area contributed by atoms with E-state index in [2.05, 4.69) is 10.3 Å². The van der Waals surface area contributed by atoms with Gasteiger partial charge < -0.3 is 5.32 Å². The molecule has 0 saturated heterocycles. The first-order valence-corrected chi connectivity index (χ1v) is 7.34. The molecule has 118 valence electrons. The first-order valence-electron chi connectivity index (χ1n) is 7.34. The van der Waals surface area contributed by atoms with Crippen molar-refractivity contribution in [2.45, 2.75) is 13.5 Å². The third-order valence-electron chi connectivity index (χ3n) is 3.65. The summed E-state index contributed by atoms with van der Waals surface area (Å²) in [5.41, 5.74) is 1.45. The Morgan fingerprint density at radius 3 is 2.62 bits per heavy atom. The minimum Gasteiger partial charge on any atom is -0.325 e. The topological polar surface area (TPSA) is 87.8 Å². The van der Waals surface area contributed by atoms with E-state index in [-0.39, 0.29) is 18.0 Å². The van der Waals surface area contributed by atoms with Crippen LogP contribution in [0.25, 0.3) is 10.9 Å². The number of para-hydroxylation sites is 1. The smallest absolute Gasteiger partial charge is 0.261 e. The molecule has 24 heavy (non-hydrogen) atoms. The molecule has 3 aromatic rings. The molecule has 0 aliphatic heterocycles. The molecule has 3 rings (SSSR count). The highest BCUT2D eigenvalue weighted by Crippen LogP contribution is 2.10. The van der Waals surface area contributed by atoms with Crippen LogP contribution in [-0.4, -0.2) is 15.5 Å². The largest absolute Gasteiger partial charge is 0.325 e. The molecular weight excluding hydrogens is 304 g/mol. The van der Waals surface area contributed by atoms with Gasteiger partial charge in [0.1, 0.15) is 12.4 Å². The quantitative estimate of drug-likeness (QED) is 0.802. The van der Waals surface area contributed by atoms with Gasteiger partial charge in [-0.05, 0) is 43.3 Å². The van der Waals surface area contributed by atoms with Crippen LogP contribution in [0.1, 0.15) is 11.4 Å². The van der Waals surface area contributed by atoms with Gasteiger partial charge in [-0.2, -0.15) is 5.26 Å². The summed E-state index contributed by atoms with van der Waals surface area (Å²) in [4.78, 5) is 29.1. The molecule has 0 aliphatic carbocycles. The Kier molecular flexibility index (Phi) is 4.08. The summed E-state index contributed by atoms with van der Waals surface area (Å²) in [6, 6.07) is 15.6. The molecular formula is C18H14N4O2. The molecule has 0 saturated carbocycles. The third-order valence-corrected chi connectivity index (χ3v) is 3.65. The van der Waals surface area contributed by atoms with Crippen molar-refractivity contribution in [3.63, 3.8) is 0 Å². The first-order chi connectivity index (χ1) is 11.6. The molecule has 2 aromatic carbocycles. The highest BCUT2D eigenvalue weighted by atomic mass is 16.2. The van der Waals surface area contributed by atoms with Gasteiger partial charge >= 0.3 is 0 Å². The molecule has 0 radical (unpaired) electrons. The monoisotopic (exact) mass is 318 g/mol. The predicted molar refractivity (Wildman–Crippen MR) is 90.5 cm³/mol. The van der Waals surface area contributed by atoms with Crippen LogP contribution in [0.4, 0.5) is 5.69 Å². The van der Waals surface area contributed by atoms with E-state index in [0.717, 1.165) is 0 Å². The number of benzene rings is 2. The van der Waals surface area contributed by atoms with Gasteiger partial charge in [-0.3, -0.25) is 14.2 Å². The summed E-state index contributed by atoms with van der Waals surface area (Å²) in [6.45, 7) is 1.57. The number of anilines is 1. The Hall–Kier alpha value is -3.46. The molecule has 1 amide bonds. The van der Waals surface area contributed by atoms with E-state index in [0.29, 0.717) is 28.0 Å². The number of hydrogen-bond acceptors (Lipinski definition) is 4. The molecule has 0 aliphatic rings. The van der Waals surface area contributed by atoms with Crippen molar-refractivity contribution in [1.82, 2.24) is 9.55 Å². The van der Waals surface area contributed by atoms with Crippen LogP contribution in [0.2, 0.25) is 0 Å². The Balaban J connectivity index is 1.85. The molecule has 1 heterocycles. The van der Waals surface area contributed by atoms with E-state index < -0.39 is 0 Å². The van der Waals surface area contributed by atoms with Crippen molar-refractivity contribution in [1.29, 1.82) is 5.26 Å². The van der Waals surface area contributed by atoms with Crippen molar-refractivity contribution in [3.8, 4) is 6.07 Å². The van der Waals surface area contributed by atoms with Crippen molar-refractivity contribution >= 4 is 22.5 Å². The lowest BCUT2D eigenvalue weighted by Gasteiger charge is -2.11. The van der Waals surface area contributed by atoms with Gasteiger partial charge in [0, 0.05) is 5.69 Å². The van der Waals surface area contributed by atoms with Crippen LogP contribution in [0.3, 0.4) is 0 Å². The summed E-state index contributed by atoms with van der Waals surface area (Å²) in [7, 11) is 0. The molecule has 0 fully saturated rings. The number of carbonyl (C=O) groups is 1. The maximum atomic E-state index is 12.5. The minimum absolute atomic E-state index is 0.123. The average molecular weight is 318 g/mol. The number of nitrogens with zero attached hydrogens (tertiary/aromatic N) is 3. The zero-order valence-corrected chi connectivity index (χ0v) is 13.0.